The third kappa shape index (κ3) is 4.04. The van der Waals surface area contributed by atoms with E-state index in [-0.39, 0.29) is 43.3 Å². The molecule has 1 saturated heterocycles. The molecule has 33 heavy (non-hydrogen) atoms. The second kappa shape index (κ2) is 9.03. The van der Waals surface area contributed by atoms with Crippen LogP contribution in [0, 0.1) is 17.5 Å². The van der Waals surface area contributed by atoms with Crippen LogP contribution in [0.4, 0.5) is 18.9 Å². The smallest absolute Gasteiger partial charge is 0.240 e. The minimum absolute atomic E-state index is 0. The first-order valence-electron chi connectivity index (χ1n) is 9.99. The Hall–Kier alpha value is -3.11. The van der Waals surface area contributed by atoms with E-state index in [0.717, 1.165) is 0 Å². The molecule has 11 heteroatoms. The van der Waals surface area contributed by atoms with Crippen molar-refractivity contribution >= 4 is 35.8 Å². The number of para-hydroxylation sites is 1. The second-order valence-corrected chi connectivity index (χ2v) is 8.07. The predicted molar refractivity (Wildman–Crippen MR) is 116 cm³/mol. The van der Waals surface area contributed by atoms with Gasteiger partial charge in [0, 0.05) is 18.3 Å². The van der Waals surface area contributed by atoms with Gasteiger partial charge in [-0.15, -0.1) is 12.4 Å². The van der Waals surface area contributed by atoms with Crippen LogP contribution < -0.4 is 16.4 Å². The molecule has 3 amide bonds. The van der Waals surface area contributed by atoms with Gasteiger partial charge in [-0.05, 0) is 43.1 Å². The Morgan fingerprint density at radius 3 is 2.55 bits per heavy atom. The number of primary amides is 1. The van der Waals surface area contributed by atoms with Crippen LogP contribution in [0.1, 0.15) is 17.5 Å². The maximum atomic E-state index is 14.1. The number of likely N-dealkylation sites (N-methyl/N-ethyl adjacent to an activating group) is 1. The number of carbonyl (C=O) groups excluding carboxylic acids is 3. The number of anilines is 1. The van der Waals surface area contributed by atoms with E-state index in [9.17, 15) is 27.6 Å². The molecular weight excluding hydrogens is 461 g/mol. The summed E-state index contributed by atoms with van der Waals surface area (Å²) in [5.41, 5.74) is 5.48. The summed E-state index contributed by atoms with van der Waals surface area (Å²) in [5, 5.41) is 5.51. The first kappa shape index (κ1) is 24.5. The van der Waals surface area contributed by atoms with E-state index >= 15 is 0 Å². The molecule has 0 saturated carbocycles. The van der Waals surface area contributed by atoms with Crippen molar-refractivity contribution < 1.29 is 27.6 Å². The molecular formula is C22H22ClF3N4O3. The highest BCUT2D eigenvalue weighted by Crippen LogP contribution is 2.46. The van der Waals surface area contributed by atoms with E-state index in [0.29, 0.717) is 23.4 Å². The minimum atomic E-state index is -1.33. The van der Waals surface area contributed by atoms with Crippen molar-refractivity contribution in [1.29, 1.82) is 0 Å². The number of nitrogens with zero attached hydrogens (tertiary/aromatic N) is 1. The first-order chi connectivity index (χ1) is 15.2. The van der Waals surface area contributed by atoms with Crippen molar-refractivity contribution in [3.8, 4) is 0 Å². The average molecular weight is 483 g/mol. The van der Waals surface area contributed by atoms with Gasteiger partial charge >= 0.3 is 0 Å². The second-order valence-electron chi connectivity index (χ2n) is 8.07. The molecule has 1 fully saturated rings. The Labute approximate surface area is 193 Å². The van der Waals surface area contributed by atoms with E-state index in [4.69, 9.17) is 5.73 Å². The number of halogens is 4. The summed E-state index contributed by atoms with van der Waals surface area (Å²) < 4.78 is 41.0. The molecule has 0 radical (unpaired) electrons. The van der Waals surface area contributed by atoms with Crippen LogP contribution in [0.25, 0.3) is 0 Å². The lowest BCUT2D eigenvalue weighted by molar-refractivity contribution is -0.139. The Bertz CT molecular complexity index is 1130. The number of amides is 3. The van der Waals surface area contributed by atoms with Gasteiger partial charge in [-0.3, -0.25) is 14.4 Å². The zero-order chi connectivity index (χ0) is 23.2. The number of likely N-dealkylation sites (tertiary alicyclic amines) is 1. The van der Waals surface area contributed by atoms with Gasteiger partial charge in [0.05, 0.1) is 11.5 Å². The zero-order valence-electron chi connectivity index (χ0n) is 17.5. The molecule has 2 aromatic rings. The van der Waals surface area contributed by atoms with Crippen molar-refractivity contribution in [2.45, 2.75) is 30.3 Å². The number of nitrogens with one attached hydrogen (secondary N) is 2. The molecule has 7 nitrogen and oxygen atoms in total. The van der Waals surface area contributed by atoms with Crippen LogP contribution in [-0.4, -0.2) is 48.3 Å². The van der Waals surface area contributed by atoms with Crippen molar-refractivity contribution in [2.75, 3.05) is 18.9 Å². The van der Waals surface area contributed by atoms with Gasteiger partial charge in [0.2, 0.25) is 17.7 Å². The summed E-state index contributed by atoms with van der Waals surface area (Å²) in [6.45, 7) is -0.0965. The fourth-order valence-corrected chi connectivity index (χ4v) is 4.58. The van der Waals surface area contributed by atoms with Crippen LogP contribution in [0.5, 0.6) is 0 Å². The maximum absolute atomic E-state index is 14.1. The van der Waals surface area contributed by atoms with Crippen molar-refractivity contribution in [3.63, 3.8) is 0 Å². The highest BCUT2D eigenvalue weighted by molar-refractivity contribution is 6.08. The van der Waals surface area contributed by atoms with Crippen molar-refractivity contribution in [2.24, 2.45) is 5.73 Å². The van der Waals surface area contributed by atoms with E-state index in [1.165, 1.54) is 11.9 Å². The van der Waals surface area contributed by atoms with Gasteiger partial charge in [-0.1, -0.05) is 18.2 Å². The third-order valence-electron chi connectivity index (χ3n) is 6.26. The number of hydrogen-bond donors (Lipinski definition) is 3. The summed E-state index contributed by atoms with van der Waals surface area (Å²) in [5.74, 6) is -5.29. The fourth-order valence-electron chi connectivity index (χ4n) is 4.58. The minimum Gasteiger partial charge on any atom is -0.368 e. The molecule has 2 aromatic carbocycles. The van der Waals surface area contributed by atoms with Crippen LogP contribution in [0.15, 0.2) is 36.4 Å². The Morgan fingerprint density at radius 1 is 1.21 bits per heavy atom. The molecule has 2 aliphatic heterocycles. The Balaban J connectivity index is 0.00000306. The lowest BCUT2D eigenvalue weighted by Gasteiger charge is -2.28. The molecule has 176 valence electrons. The standard InChI is InChI=1S/C22H21F3N4O3.ClH/c1-27-17(7-11-6-14(24)15(25)8-13(11)23)20(31)29-10-22(9-18(29)19(26)30)12-4-2-3-5-16(12)28-21(22)32;/h2-6,8,17-18,27H,7,9-10H2,1H3,(H2,26,30)(H,28,32);1H/t17-,18-,22-;/m0./s1. The van der Waals surface area contributed by atoms with Crippen LogP contribution in [0.3, 0.4) is 0 Å². The quantitative estimate of drug-likeness (QED) is 0.563. The zero-order valence-corrected chi connectivity index (χ0v) is 18.3. The Morgan fingerprint density at radius 2 is 1.88 bits per heavy atom. The van der Waals surface area contributed by atoms with E-state index in [2.05, 4.69) is 10.6 Å². The summed E-state index contributed by atoms with van der Waals surface area (Å²) in [6, 6.07) is 5.98. The van der Waals surface area contributed by atoms with E-state index in [1.54, 1.807) is 24.3 Å². The molecule has 0 aliphatic carbocycles. The lowest BCUT2D eigenvalue weighted by atomic mass is 9.79. The number of rotatable bonds is 5. The average Bonchev–Trinajstić information content (AvgIpc) is 3.29. The van der Waals surface area contributed by atoms with E-state index in [1.807, 2.05) is 0 Å². The fraction of sp³-hybridized carbons (Fsp3) is 0.318. The SMILES string of the molecule is CN[C@@H](Cc1cc(F)c(F)cc1F)C(=O)N1C[C@]2(C[C@H]1C(N)=O)C(=O)Nc1ccccc12.Cl. The van der Waals surface area contributed by atoms with Gasteiger partial charge < -0.3 is 21.3 Å². The van der Waals surface area contributed by atoms with Crippen LogP contribution >= 0.6 is 12.4 Å². The molecule has 0 aromatic heterocycles. The van der Waals surface area contributed by atoms with Gasteiger partial charge in [-0.2, -0.15) is 0 Å². The summed E-state index contributed by atoms with van der Waals surface area (Å²) in [4.78, 5) is 39.7. The van der Waals surface area contributed by atoms with Gasteiger partial charge in [0.25, 0.3) is 0 Å². The van der Waals surface area contributed by atoms with Crippen molar-refractivity contribution in [1.82, 2.24) is 10.2 Å². The molecule has 0 unspecified atom stereocenters. The molecule has 4 rings (SSSR count). The first-order valence-corrected chi connectivity index (χ1v) is 9.99. The topological polar surface area (TPSA) is 105 Å². The maximum Gasteiger partial charge on any atom is 0.240 e. The van der Waals surface area contributed by atoms with Crippen LogP contribution in [-0.2, 0) is 26.2 Å². The van der Waals surface area contributed by atoms with Crippen molar-refractivity contribution in [3.05, 3.63) is 65.0 Å². The van der Waals surface area contributed by atoms with Gasteiger partial charge in [0.15, 0.2) is 11.6 Å². The van der Waals surface area contributed by atoms with E-state index < -0.39 is 46.8 Å². The molecule has 3 atom stereocenters. The predicted octanol–water partition coefficient (Wildman–Crippen LogP) is 1.63. The molecule has 2 aliphatic rings. The van der Waals surface area contributed by atoms with Crippen LogP contribution in [0.2, 0.25) is 0 Å². The van der Waals surface area contributed by atoms with Gasteiger partial charge in [-0.25, -0.2) is 13.2 Å². The summed E-state index contributed by atoms with van der Waals surface area (Å²) >= 11 is 0. The summed E-state index contributed by atoms with van der Waals surface area (Å²) in [6.07, 6.45) is -0.289. The number of nitrogens with two attached hydrogens (primary N) is 1. The van der Waals surface area contributed by atoms with Gasteiger partial charge in [0.1, 0.15) is 11.9 Å². The summed E-state index contributed by atoms with van der Waals surface area (Å²) in [7, 11) is 1.45. The number of hydrogen-bond acceptors (Lipinski definition) is 4. The number of fused-ring (bicyclic) bond motifs is 2. The lowest BCUT2D eigenvalue weighted by Crippen LogP contribution is -2.52. The molecule has 4 N–H and O–H groups in total. The molecule has 2 heterocycles. The molecule has 0 bridgehead atoms. The highest BCUT2D eigenvalue weighted by Gasteiger charge is 2.57. The Kier molecular flexibility index (Phi) is 6.71. The normalized spacial score (nSPS) is 22.0. The highest BCUT2D eigenvalue weighted by atomic mass is 35.5. The number of benzene rings is 2. The molecule has 1 spiro atoms. The monoisotopic (exact) mass is 482 g/mol. The number of carbonyl (C=O) groups is 3. The largest absolute Gasteiger partial charge is 0.368 e. The third-order valence-corrected chi connectivity index (χ3v) is 6.26.